The minimum absolute atomic E-state index is 0.131. The van der Waals surface area contributed by atoms with Gasteiger partial charge in [0.15, 0.2) is 0 Å². The first-order valence-corrected chi connectivity index (χ1v) is 8.35. The maximum atomic E-state index is 13.4. The fourth-order valence-corrected chi connectivity index (χ4v) is 3.23. The van der Waals surface area contributed by atoms with Crippen molar-refractivity contribution >= 4 is 0 Å². The Labute approximate surface area is 128 Å². The van der Waals surface area contributed by atoms with E-state index in [2.05, 4.69) is 31.0 Å². The van der Waals surface area contributed by atoms with Crippen LogP contribution < -0.4 is 5.32 Å². The van der Waals surface area contributed by atoms with Gasteiger partial charge in [-0.25, -0.2) is 4.39 Å². The molecule has 0 saturated carbocycles. The van der Waals surface area contributed by atoms with Crippen molar-refractivity contribution in [1.82, 2.24) is 10.2 Å². The second kappa shape index (κ2) is 7.90. The molecule has 1 N–H and O–H groups in total. The van der Waals surface area contributed by atoms with Gasteiger partial charge >= 0.3 is 0 Å². The number of halogens is 1. The molecular weight excluding hydrogens is 263 g/mol. The third-order valence-corrected chi connectivity index (χ3v) is 4.79. The molecule has 0 aromatic heterocycles. The molecular formula is C18H29FN2. The lowest BCUT2D eigenvalue weighted by Crippen LogP contribution is -2.57. The van der Waals surface area contributed by atoms with Crippen molar-refractivity contribution in [3.05, 3.63) is 35.6 Å². The molecule has 0 bridgehead atoms. The Hall–Kier alpha value is -0.930. The molecule has 21 heavy (non-hydrogen) atoms. The van der Waals surface area contributed by atoms with Crippen molar-refractivity contribution in [3.8, 4) is 0 Å². The van der Waals surface area contributed by atoms with Crippen molar-refractivity contribution in [2.75, 3.05) is 13.1 Å². The van der Waals surface area contributed by atoms with Gasteiger partial charge < -0.3 is 5.32 Å². The molecule has 2 nitrogen and oxygen atoms in total. The molecule has 1 fully saturated rings. The summed E-state index contributed by atoms with van der Waals surface area (Å²) in [6.45, 7) is 9.78. The first-order valence-electron chi connectivity index (χ1n) is 8.35. The zero-order valence-corrected chi connectivity index (χ0v) is 13.6. The molecule has 1 aliphatic heterocycles. The largest absolute Gasteiger partial charge is 0.311 e. The number of rotatable bonds is 6. The first kappa shape index (κ1) is 16.4. The smallest absolute Gasteiger partial charge is 0.123 e. The molecule has 118 valence electrons. The van der Waals surface area contributed by atoms with Gasteiger partial charge in [0.25, 0.3) is 0 Å². The van der Waals surface area contributed by atoms with Crippen LogP contribution in [-0.2, 0) is 6.54 Å². The van der Waals surface area contributed by atoms with Gasteiger partial charge in [0.2, 0.25) is 0 Å². The van der Waals surface area contributed by atoms with E-state index in [1.165, 1.54) is 25.3 Å². The average molecular weight is 292 g/mol. The molecule has 1 heterocycles. The Morgan fingerprint density at radius 2 is 2.19 bits per heavy atom. The summed E-state index contributed by atoms with van der Waals surface area (Å²) >= 11 is 0. The Morgan fingerprint density at radius 1 is 1.38 bits per heavy atom. The molecule has 1 aliphatic rings. The van der Waals surface area contributed by atoms with Gasteiger partial charge in [0.1, 0.15) is 5.82 Å². The van der Waals surface area contributed by atoms with Crippen LogP contribution in [0.5, 0.6) is 0 Å². The number of hydrogen-bond acceptors (Lipinski definition) is 2. The van der Waals surface area contributed by atoms with Crippen LogP contribution in [0, 0.1) is 11.7 Å². The molecule has 3 unspecified atom stereocenters. The third kappa shape index (κ3) is 4.52. The van der Waals surface area contributed by atoms with Gasteiger partial charge in [0, 0.05) is 31.7 Å². The van der Waals surface area contributed by atoms with E-state index in [9.17, 15) is 4.39 Å². The number of piperazine rings is 1. The van der Waals surface area contributed by atoms with Crippen LogP contribution in [-0.4, -0.2) is 30.1 Å². The molecule has 1 saturated heterocycles. The molecule has 2 rings (SSSR count). The summed E-state index contributed by atoms with van der Waals surface area (Å²) in [5.41, 5.74) is 1.08. The zero-order valence-electron chi connectivity index (χ0n) is 13.6. The average Bonchev–Trinajstić information content (AvgIpc) is 2.48. The monoisotopic (exact) mass is 292 g/mol. The normalized spacial score (nSPS) is 25.0. The van der Waals surface area contributed by atoms with E-state index in [-0.39, 0.29) is 5.82 Å². The van der Waals surface area contributed by atoms with Crippen LogP contribution in [0.1, 0.15) is 45.6 Å². The predicted molar refractivity (Wildman–Crippen MR) is 86.8 cm³/mol. The van der Waals surface area contributed by atoms with Crippen molar-refractivity contribution in [3.63, 3.8) is 0 Å². The Kier molecular flexibility index (Phi) is 6.19. The van der Waals surface area contributed by atoms with E-state index in [1.54, 1.807) is 6.07 Å². The van der Waals surface area contributed by atoms with E-state index < -0.39 is 0 Å². The topological polar surface area (TPSA) is 15.3 Å². The Morgan fingerprint density at radius 3 is 2.86 bits per heavy atom. The van der Waals surface area contributed by atoms with Crippen LogP contribution >= 0.6 is 0 Å². The quantitative estimate of drug-likeness (QED) is 0.857. The summed E-state index contributed by atoms with van der Waals surface area (Å²) in [4.78, 5) is 2.55. The molecule has 0 radical (unpaired) electrons. The lowest BCUT2D eigenvalue weighted by molar-refractivity contribution is 0.0959. The minimum atomic E-state index is -0.131. The summed E-state index contributed by atoms with van der Waals surface area (Å²) in [6, 6.07) is 8.16. The van der Waals surface area contributed by atoms with Gasteiger partial charge in [0.05, 0.1) is 0 Å². The van der Waals surface area contributed by atoms with Crippen molar-refractivity contribution in [2.45, 2.75) is 58.7 Å². The highest BCUT2D eigenvalue weighted by atomic mass is 19.1. The number of nitrogens with zero attached hydrogens (tertiary/aromatic N) is 1. The van der Waals surface area contributed by atoms with E-state index in [0.717, 1.165) is 25.2 Å². The molecule has 1 aromatic rings. The number of hydrogen-bond donors (Lipinski definition) is 1. The number of benzene rings is 1. The highest BCUT2D eigenvalue weighted by Crippen LogP contribution is 2.20. The molecule has 0 aliphatic carbocycles. The lowest BCUT2D eigenvalue weighted by Gasteiger charge is -2.42. The summed E-state index contributed by atoms with van der Waals surface area (Å²) in [7, 11) is 0. The Bertz CT molecular complexity index is 435. The third-order valence-electron chi connectivity index (χ3n) is 4.79. The standard InChI is InChI=1S/C18H29FN2/c1-4-7-17-11-20-18(14(3)5-2)13-21(17)12-15-8-6-9-16(19)10-15/h6,8-10,14,17-18,20H,4-5,7,11-13H2,1-3H3. The lowest BCUT2D eigenvalue weighted by atomic mass is 9.94. The fraction of sp³-hybridized carbons (Fsp3) is 0.667. The van der Waals surface area contributed by atoms with Gasteiger partial charge in [-0.1, -0.05) is 45.7 Å². The molecule has 1 aromatic carbocycles. The van der Waals surface area contributed by atoms with Crippen molar-refractivity contribution < 1.29 is 4.39 Å². The van der Waals surface area contributed by atoms with E-state index >= 15 is 0 Å². The van der Waals surface area contributed by atoms with E-state index in [4.69, 9.17) is 0 Å². The van der Waals surface area contributed by atoms with Crippen LogP contribution in [0.2, 0.25) is 0 Å². The Balaban J connectivity index is 2.06. The summed E-state index contributed by atoms with van der Waals surface area (Å²) in [5.74, 6) is 0.552. The summed E-state index contributed by atoms with van der Waals surface area (Å²) in [5, 5.41) is 3.72. The second-order valence-electron chi connectivity index (χ2n) is 6.40. The van der Waals surface area contributed by atoms with E-state index in [0.29, 0.717) is 18.0 Å². The van der Waals surface area contributed by atoms with E-state index in [1.807, 2.05) is 12.1 Å². The van der Waals surface area contributed by atoms with Gasteiger partial charge in [-0.15, -0.1) is 0 Å². The van der Waals surface area contributed by atoms with Gasteiger partial charge in [-0.3, -0.25) is 4.90 Å². The molecule has 3 heteroatoms. The fourth-order valence-electron chi connectivity index (χ4n) is 3.23. The molecule has 0 spiro atoms. The van der Waals surface area contributed by atoms with Gasteiger partial charge in [-0.05, 0) is 30.0 Å². The predicted octanol–water partition coefficient (Wildman–Crippen LogP) is 3.81. The molecule has 0 amide bonds. The second-order valence-corrected chi connectivity index (χ2v) is 6.40. The number of nitrogens with one attached hydrogen (secondary N) is 1. The van der Waals surface area contributed by atoms with Crippen LogP contribution in [0.25, 0.3) is 0 Å². The highest BCUT2D eigenvalue weighted by Gasteiger charge is 2.29. The van der Waals surface area contributed by atoms with Crippen molar-refractivity contribution in [2.24, 2.45) is 5.92 Å². The highest BCUT2D eigenvalue weighted by molar-refractivity contribution is 5.16. The van der Waals surface area contributed by atoms with Crippen LogP contribution in [0.3, 0.4) is 0 Å². The zero-order chi connectivity index (χ0) is 15.2. The minimum Gasteiger partial charge on any atom is -0.311 e. The van der Waals surface area contributed by atoms with Crippen LogP contribution in [0.4, 0.5) is 4.39 Å². The summed E-state index contributed by atoms with van der Waals surface area (Å²) in [6.07, 6.45) is 3.60. The first-order chi connectivity index (χ1) is 10.1. The van der Waals surface area contributed by atoms with Gasteiger partial charge in [-0.2, -0.15) is 0 Å². The van der Waals surface area contributed by atoms with Crippen LogP contribution in [0.15, 0.2) is 24.3 Å². The van der Waals surface area contributed by atoms with Crippen molar-refractivity contribution in [1.29, 1.82) is 0 Å². The summed E-state index contributed by atoms with van der Waals surface area (Å²) < 4.78 is 13.4. The molecule has 3 atom stereocenters. The maximum absolute atomic E-state index is 13.4. The maximum Gasteiger partial charge on any atom is 0.123 e. The SMILES string of the molecule is CCCC1CNC(C(C)CC)CN1Cc1cccc(F)c1.